The Kier molecular flexibility index (Phi) is 7.48. The van der Waals surface area contributed by atoms with E-state index >= 15 is 0 Å². The number of hydrogen-bond donors (Lipinski definition) is 1. The molecule has 0 saturated heterocycles. The Morgan fingerprint density at radius 3 is 2.42 bits per heavy atom. The van der Waals surface area contributed by atoms with Crippen molar-refractivity contribution >= 4 is 38.1 Å². The molecule has 0 radical (unpaired) electrons. The van der Waals surface area contributed by atoms with Crippen molar-refractivity contribution in [3.63, 3.8) is 0 Å². The molecule has 0 saturated carbocycles. The van der Waals surface area contributed by atoms with Crippen LogP contribution in [0.25, 0.3) is 11.3 Å². The zero-order valence-corrected chi connectivity index (χ0v) is 19.0. The van der Waals surface area contributed by atoms with Crippen molar-refractivity contribution in [1.82, 2.24) is 9.29 Å². The van der Waals surface area contributed by atoms with Crippen LogP contribution >= 0.6 is 11.3 Å². The quantitative estimate of drug-likeness (QED) is 0.260. The van der Waals surface area contributed by atoms with Gasteiger partial charge >= 0.3 is 0 Å². The topological polar surface area (TPSA) is 123 Å². The second kappa shape index (κ2) is 10.3. The first-order valence-corrected chi connectivity index (χ1v) is 11.9. The zero-order valence-electron chi connectivity index (χ0n) is 17.4. The van der Waals surface area contributed by atoms with E-state index in [4.69, 9.17) is 0 Å². The Hall–Kier alpha value is -3.67. The van der Waals surface area contributed by atoms with Gasteiger partial charge in [0.2, 0.25) is 10.0 Å². The number of hydrogen-bond acceptors (Lipinski definition) is 7. The molecule has 170 valence electrons. The molecule has 0 unspecified atom stereocenters. The lowest BCUT2D eigenvalue weighted by Gasteiger charge is -2.19. The molecule has 1 N–H and O–H groups in total. The molecule has 0 fully saturated rings. The van der Waals surface area contributed by atoms with Crippen molar-refractivity contribution in [3.05, 3.63) is 94.9 Å². The number of nitrogens with zero attached hydrogens (tertiary/aromatic N) is 3. The van der Waals surface area contributed by atoms with Gasteiger partial charge in [0, 0.05) is 41.7 Å². The number of nitro benzene ring substituents is 1. The first kappa shape index (κ1) is 24.0. The standard InChI is InChI=1S/C22H20N4O5S2/c1-3-12-25(13-4-2)33(30,31)19-10-8-16(9-11-19)21(27)24-22-23-20(15-32-22)17-6-5-7-18(14-17)26(28)29/h3-11,14-15H,1-2,12-13H2,(H,23,24,27). The Balaban J connectivity index is 1.74. The maximum absolute atomic E-state index is 12.8. The molecule has 0 aliphatic rings. The molecule has 1 heterocycles. The lowest BCUT2D eigenvalue weighted by atomic mass is 10.1. The highest BCUT2D eigenvalue weighted by Crippen LogP contribution is 2.28. The summed E-state index contributed by atoms with van der Waals surface area (Å²) in [4.78, 5) is 27.4. The number of rotatable bonds is 10. The van der Waals surface area contributed by atoms with Gasteiger partial charge in [0.25, 0.3) is 11.6 Å². The normalized spacial score (nSPS) is 11.2. The summed E-state index contributed by atoms with van der Waals surface area (Å²) in [6.07, 6.45) is 2.97. The Bertz CT molecular complexity index is 1290. The second-order valence-corrected chi connectivity index (χ2v) is 9.52. The Labute approximate surface area is 194 Å². The molecular formula is C22H20N4O5S2. The van der Waals surface area contributed by atoms with E-state index < -0.39 is 20.9 Å². The van der Waals surface area contributed by atoms with Gasteiger partial charge in [-0.25, -0.2) is 13.4 Å². The van der Waals surface area contributed by atoms with Crippen LogP contribution in [-0.2, 0) is 10.0 Å². The van der Waals surface area contributed by atoms with Gasteiger partial charge in [0.1, 0.15) is 0 Å². The minimum absolute atomic E-state index is 0.0463. The average Bonchev–Trinajstić information content (AvgIpc) is 3.27. The minimum atomic E-state index is -3.76. The van der Waals surface area contributed by atoms with Crippen LogP contribution in [0.15, 0.2) is 84.1 Å². The Morgan fingerprint density at radius 2 is 1.82 bits per heavy atom. The SMILES string of the molecule is C=CCN(CC=C)S(=O)(=O)c1ccc(C(=O)Nc2nc(-c3cccc([N+](=O)[O-])c3)cs2)cc1. The molecule has 9 nitrogen and oxygen atoms in total. The summed E-state index contributed by atoms with van der Waals surface area (Å²) < 4.78 is 26.7. The molecule has 0 spiro atoms. The minimum Gasteiger partial charge on any atom is -0.298 e. The van der Waals surface area contributed by atoms with Crippen LogP contribution in [0, 0.1) is 10.1 Å². The van der Waals surface area contributed by atoms with Crippen LogP contribution in [0.3, 0.4) is 0 Å². The first-order valence-electron chi connectivity index (χ1n) is 9.60. The third-order valence-electron chi connectivity index (χ3n) is 4.50. The van der Waals surface area contributed by atoms with Crippen molar-refractivity contribution in [2.24, 2.45) is 0 Å². The number of non-ortho nitro benzene ring substituents is 1. The van der Waals surface area contributed by atoms with Gasteiger partial charge < -0.3 is 0 Å². The van der Waals surface area contributed by atoms with Crippen LogP contribution in [-0.4, -0.2) is 41.6 Å². The maximum atomic E-state index is 12.8. The first-order chi connectivity index (χ1) is 15.8. The van der Waals surface area contributed by atoms with E-state index in [-0.39, 0.29) is 29.2 Å². The van der Waals surface area contributed by atoms with Crippen molar-refractivity contribution in [1.29, 1.82) is 0 Å². The van der Waals surface area contributed by atoms with E-state index in [1.807, 2.05) is 0 Å². The van der Waals surface area contributed by atoms with Gasteiger partial charge in [-0.05, 0) is 24.3 Å². The van der Waals surface area contributed by atoms with Gasteiger partial charge in [0.15, 0.2) is 5.13 Å². The van der Waals surface area contributed by atoms with Gasteiger partial charge in [-0.2, -0.15) is 4.31 Å². The number of carbonyl (C=O) groups is 1. The van der Waals surface area contributed by atoms with E-state index in [1.165, 1.54) is 64.2 Å². The highest BCUT2D eigenvalue weighted by atomic mass is 32.2. The molecule has 0 bridgehead atoms. The number of amides is 1. The van der Waals surface area contributed by atoms with E-state index in [2.05, 4.69) is 23.5 Å². The molecule has 11 heteroatoms. The smallest absolute Gasteiger partial charge is 0.270 e. The Morgan fingerprint density at radius 1 is 1.15 bits per heavy atom. The molecule has 0 aliphatic heterocycles. The molecule has 0 aliphatic carbocycles. The van der Waals surface area contributed by atoms with Crippen molar-refractivity contribution in [2.75, 3.05) is 18.4 Å². The molecule has 1 aromatic heterocycles. The van der Waals surface area contributed by atoms with Crippen LogP contribution in [0.4, 0.5) is 10.8 Å². The fourth-order valence-corrected chi connectivity index (χ4v) is 4.99. The molecule has 3 aromatic rings. The molecule has 3 rings (SSSR count). The highest BCUT2D eigenvalue weighted by Gasteiger charge is 2.22. The average molecular weight is 485 g/mol. The lowest BCUT2D eigenvalue weighted by molar-refractivity contribution is -0.384. The summed E-state index contributed by atoms with van der Waals surface area (Å²) in [7, 11) is -3.76. The van der Waals surface area contributed by atoms with Gasteiger partial charge in [-0.1, -0.05) is 24.3 Å². The monoisotopic (exact) mass is 484 g/mol. The molecule has 33 heavy (non-hydrogen) atoms. The third-order valence-corrected chi connectivity index (χ3v) is 7.10. The molecule has 2 aromatic carbocycles. The molecular weight excluding hydrogens is 464 g/mol. The number of nitrogens with one attached hydrogen (secondary N) is 1. The number of aromatic nitrogens is 1. The predicted molar refractivity (Wildman–Crippen MR) is 128 cm³/mol. The van der Waals surface area contributed by atoms with Crippen molar-refractivity contribution < 1.29 is 18.1 Å². The maximum Gasteiger partial charge on any atom is 0.270 e. The molecule has 1 amide bonds. The van der Waals surface area contributed by atoms with E-state index in [0.717, 1.165) is 0 Å². The second-order valence-electron chi connectivity index (χ2n) is 6.72. The zero-order chi connectivity index (χ0) is 24.0. The van der Waals surface area contributed by atoms with Gasteiger partial charge in [-0.15, -0.1) is 24.5 Å². The van der Waals surface area contributed by atoms with Crippen LogP contribution in [0.1, 0.15) is 10.4 Å². The molecule has 0 atom stereocenters. The van der Waals surface area contributed by atoms with Crippen molar-refractivity contribution in [2.45, 2.75) is 4.90 Å². The number of benzene rings is 2. The number of carbonyl (C=O) groups excluding carboxylic acids is 1. The summed E-state index contributed by atoms with van der Waals surface area (Å²) >= 11 is 1.17. The predicted octanol–water partition coefficient (Wildman–Crippen LogP) is 4.33. The summed E-state index contributed by atoms with van der Waals surface area (Å²) in [6.45, 7) is 7.41. The van der Waals surface area contributed by atoms with Crippen LogP contribution < -0.4 is 5.32 Å². The summed E-state index contributed by atoms with van der Waals surface area (Å²) in [5, 5.41) is 15.6. The summed E-state index contributed by atoms with van der Waals surface area (Å²) in [5.74, 6) is -0.465. The van der Waals surface area contributed by atoms with E-state index in [9.17, 15) is 23.3 Å². The van der Waals surface area contributed by atoms with E-state index in [1.54, 1.807) is 17.5 Å². The third kappa shape index (κ3) is 5.58. The van der Waals surface area contributed by atoms with Gasteiger partial charge in [-0.3, -0.25) is 20.2 Å². The highest BCUT2D eigenvalue weighted by molar-refractivity contribution is 7.89. The fraction of sp³-hybridized carbons (Fsp3) is 0.0909. The number of anilines is 1. The van der Waals surface area contributed by atoms with Crippen LogP contribution in [0.5, 0.6) is 0 Å². The number of sulfonamides is 1. The van der Waals surface area contributed by atoms with Crippen LogP contribution in [0.2, 0.25) is 0 Å². The largest absolute Gasteiger partial charge is 0.298 e. The summed E-state index contributed by atoms with van der Waals surface area (Å²) in [6, 6.07) is 11.6. The van der Waals surface area contributed by atoms with Gasteiger partial charge in [0.05, 0.1) is 15.5 Å². The van der Waals surface area contributed by atoms with Crippen molar-refractivity contribution in [3.8, 4) is 11.3 Å². The number of thiazole rings is 1. The van der Waals surface area contributed by atoms with E-state index in [0.29, 0.717) is 16.4 Å². The fourth-order valence-electron chi connectivity index (χ4n) is 2.90. The lowest BCUT2D eigenvalue weighted by Crippen LogP contribution is -2.31. The number of nitro groups is 1. The summed E-state index contributed by atoms with van der Waals surface area (Å²) in [5.41, 5.74) is 1.24.